The molecular weight excluding hydrogens is 796 g/mol. The van der Waals surface area contributed by atoms with Crippen molar-refractivity contribution in [1.29, 1.82) is 0 Å². The highest BCUT2D eigenvalue weighted by molar-refractivity contribution is 5.26. The second-order valence-electron chi connectivity index (χ2n) is 21.1. The van der Waals surface area contributed by atoms with Crippen LogP contribution in [0.2, 0.25) is 0 Å². The van der Waals surface area contributed by atoms with Crippen LogP contribution in [0.3, 0.4) is 0 Å². The zero-order valence-corrected chi connectivity index (χ0v) is 36.5. The number of aliphatic hydroxyl groups excluding tert-OH is 8. The highest BCUT2D eigenvalue weighted by Crippen LogP contribution is 2.70. The van der Waals surface area contributed by atoms with Crippen LogP contribution in [-0.2, 0) is 37.9 Å². The van der Waals surface area contributed by atoms with Gasteiger partial charge in [-0.25, -0.2) is 0 Å². The Labute approximate surface area is 358 Å². The second kappa shape index (κ2) is 16.8. The van der Waals surface area contributed by atoms with Crippen LogP contribution in [0.1, 0.15) is 99.3 Å². The second-order valence-corrected chi connectivity index (χ2v) is 21.1. The number of rotatable bonds is 7. The van der Waals surface area contributed by atoms with E-state index in [2.05, 4.69) is 33.8 Å². The van der Waals surface area contributed by atoms with Gasteiger partial charge in [0.25, 0.3) is 0 Å². The summed E-state index contributed by atoms with van der Waals surface area (Å²) in [5.41, 5.74) is 1.53. The molecule has 5 saturated heterocycles. The van der Waals surface area contributed by atoms with Gasteiger partial charge in [-0.3, -0.25) is 0 Å². The quantitative estimate of drug-likeness (QED) is 0.168. The summed E-state index contributed by atoms with van der Waals surface area (Å²) in [7, 11) is 0. The maximum atomic E-state index is 12.0. The zero-order valence-electron chi connectivity index (χ0n) is 36.5. The summed E-state index contributed by atoms with van der Waals surface area (Å²) >= 11 is 0. The van der Waals surface area contributed by atoms with Crippen LogP contribution in [0.15, 0.2) is 11.6 Å². The normalized spacial score (nSPS) is 58.4. The molecular formula is C45H72O16. The van der Waals surface area contributed by atoms with Gasteiger partial charge in [0.1, 0.15) is 61.0 Å². The summed E-state index contributed by atoms with van der Waals surface area (Å²) < 4.78 is 50.1. The molecule has 61 heavy (non-hydrogen) atoms. The molecule has 0 amide bonds. The van der Waals surface area contributed by atoms with Crippen molar-refractivity contribution in [2.24, 2.45) is 46.3 Å². The van der Waals surface area contributed by atoms with E-state index in [0.29, 0.717) is 48.3 Å². The minimum absolute atomic E-state index is 0.0171. The molecule has 0 aromatic heterocycles. The molecule has 348 valence electrons. The van der Waals surface area contributed by atoms with Gasteiger partial charge in [0.2, 0.25) is 0 Å². The van der Waals surface area contributed by atoms with Gasteiger partial charge in [0.15, 0.2) is 24.7 Å². The first kappa shape index (κ1) is 45.3. The third-order valence-corrected chi connectivity index (χ3v) is 17.6. The summed E-state index contributed by atoms with van der Waals surface area (Å²) in [5.74, 6) is 2.64. The van der Waals surface area contributed by atoms with Crippen molar-refractivity contribution in [3.05, 3.63) is 11.6 Å². The van der Waals surface area contributed by atoms with Crippen LogP contribution in [-0.4, -0.2) is 164 Å². The number of fused-ring (bicyclic) bond motifs is 7. The van der Waals surface area contributed by atoms with Crippen LogP contribution in [0.25, 0.3) is 0 Å². The summed E-state index contributed by atoms with van der Waals surface area (Å²) in [6, 6.07) is 0. The molecule has 5 aliphatic heterocycles. The summed E-state index contributed by atoms with van der Waals surface area (Å²) in [4.78, 5) is 0. The fourth-order valence-electron chi connectivity index (χ4n) is 14.0. The van der Waals surface area contributed by atoms with Gasteiger partial charge >= 0.3 is 0 Å². The molecule has 3 saturated carbocycles. The third-order valence-electron chi connectivity index (χ3n) is 17.6. The lowest BCUT2D eigenvalue weighted by molar-refractivity contribution is -0.388. The lowest BCUT2D eigenvalue weighted by Gasteiger charge is -2.58. The predicted molar refractivity (Wildman–Crippen MR) is 213 cm³/mol. The Morgan fingerprint density at radius 2 is 1.34 bits per heavy atom. The first-order valence-electron chi connectivity index (χ1n) is 23.2. The van der Waals surface area contributed by atoms with Crippen LogP contribution >= 0.6 is 0 Å². The highest BCUT2D eigenvalue weighted by atomic mass is 16.8. The fourth-order valence-corrected chi connectivity index (χ4v) is 14.0. The van der Waals surface area contributed by atoms with Crippen molar-refractivity contribution in [1.82, 2.24) is 0 Å². The maximum Gasteiger partial charge on any atom is 0.187 e. The summed E-state index contributed by atoms with van der Waals surface area (Å²) in [6.45, 7) is 12.7. The van der Waals surface area contributed by atoms with E-state index >= 15 is 0 Å². The number of allylic oxidation sites excluding steroid dienone is 1. The van der Waals surface area contributed by atoms with Gasteiger partial charge in [0, 0.05) is 12.3 Å². The number of aliphatic hydroxyl groups is 8. The Hall–Kier alpha value is -0.900. The molecule has 16 heteroatoms. The molecule has 0 unspecified atom stereocenters. The molecule has 8 fully saturated rings. The van der Waals surface area contributed by atoms with Gasteiger partial charge in [-0.1, -0.05) is 39.3 Å². The van der Waals surface area contributed by atoms with Crippen molar-refractivity contribution in [2.75, 3.05) is 13.2 Å². The largest absolute Gasteiger partial charge is 0.394 e. The first-order chi connectivity index (χ1) is 28.9. The Kier molecular flexibility index (Phi) is 12.4. The minimum Gasteiger partial charge on any atom is -0.394 e. The van der Waals surface area contributed by atoms with Crippen LogP contribution in [0, 0.1) is 46.3 Å². The average Bonchev–Trinajstić information content (AvgIpc) is 3.69. The summed E-state index contributed by atoms with van der Waals surface area (Å²) in [6.07, 6.45) is -10.4. The van der Waals surface area contributed by atoms with E-state index in [9.17, 15) is 40.9 Å². The molecule has 8 N–H and O–H groups in total. The molecule has 1 spiro atoms. The van der Waals surface area contributed by atoms with Crippen molar-refractivity contribution >= 4 is 0 Å². The Bertz CT molecular complexity index is 1590. The van der Waals surface area contributed by atoms with Crippen LogP contribution in [0.4, 0.5) is 0 Å². The lowest BCUT2D eigenvalue weighted by Crippen LogP contribution is -2.66. The Balaban J connectivity index is 0.916. The SMILES string of the molecule is C[C@@H]1CC[C@@]2(OC1)O[C@H]1C[C@H]3[C@@H]4CC=C5C[C@@H](O[C@@H]6O[C@H](CO)[C@@H](O[C@@H]7O[C@@H](C)[C@H](O)[C@@H](O)[C@H]7O)[C@H](O)[C@H]6O[C@@H]6O[C@@H](C)[C@H](O)[C@@H](O)[C@H]6O)CC[C@]5(C)[C@@H]4CC[C@]3(C)[C@H]1[C@@H]2C. The van der Waals surface area contributed by atoms with E-state index in [1.807, 2.05) is 0 Å². The Morgan fingerprint density at radius 1 is 0.689 bits per heavy atom. The van der Waals surface area contributed by atoms with Gasteiger partial charge in [-0.2, -0.15) is 0 Å². The van der Waals surface area contributed by atoms with Gasteiger partial charge in [0.05, 0.1) is 37.6 Å². The topological polar surface area (TPSA) is 236 Å². The van der Waals surface area contributed by atoms with Crippen LogP contribution < -0.4 is 0 Å². The first-order valence-corrected chi connectivity index (χ1v) is 23.2. The molecule has 0 aromatic carbocycles. The molecule has 0 radical (unpaired) electrons. The van der Waals surface area contributed by atoms with E-state index in [1.165, 1.54) is 25.8 Å². The molecule has 5 heterocycles. The van der Waals surface area contributed by atoms with Gasteiger partial charge in [-0.15, -0.1) is 0 Å². The summed E-state index contributed by atoms with van der Waals surface area (Å²) in [5, 5.41) is 85.9. The van der Waals surface area contributed by atoms with Gasteiger partial charge < -0.3 is 78.7 Å². The van der Waals surface area contributed by atoms with E-state index in [-0.39, 0.29) is 23.0 Å². The van der Waals surface area contributed by atoms with E-state index in [4.69, 9.17) is 37.9 Å². The smallest absolute Gasteiger partial charge is 0.187 e. The number of hydrogen-bond acceptors (Lipinski definition) is 16. The maximum absolute atomic E-state index is 12.0. The van der Waals surface area contributed by atoms with Crippen molar-refractivity contribution < 1.29 is 78.7 Å². The number of hydrogen-bond donors (Lipinski definition) is 8. The van der Waals surface area contributed by atoms with E-state index in [0.717, 1.165) is 45.1 Å². The average molecular weight is 869 g/mol. The minimum atomic E-state index is -1.71. The molecule has 9 rings (SSSR count). The fraction of sp³-hybridized carbons (Fsp3) is 0.956. The highest BCUT2D eigenvalue weighted by Gasteiger charge is 2.69. The van der Waals surface area contributed by atoms with Gasteiger partial charge in [-0.05, 0) is 106 Å². The van der Waals surface area contributed by atoms with Crippen molar-refractivity contribution in [2.45, 2.75) is 209 Å². The Morgan fingerprint density at radius 3 is 1.97 bits per heavy atom. The van der Waals surface area contributed by atoms with Crippen molar-refractivity contribution in [3.8, 4) is 0 Å². The van der Waals surface area contributed by atoms with Crippen LogP contribution in [0.5, 0.6) is 0 Å². The monoisotopic (exact) mass is 868 g/mol. The number of ether oxygens (including phenoxy) is 8. The molecule has 0 bridgehead atoms. The molecule has 0 aromatic rings. The molecule has 4 aliphatic carbocycles. The zero-order chi connectivity index (χ0) is 43.5. The van der Waals surface area contributed by atoms with Crippen molar-refractivity contribution in [3.63, 3.8) is 0 Å². The van der Waals surface area contributed by atoms with E-state index < -0.39 is 105 Å². The predicted octanol–water partition coefficient (Wildman–Crippen LogP) is 1.24. The lowest BCUT2D eigenvalue weighted by atomic mass is 9.47. The standard InChI is InChI=1S/C45H72O16/c1-19-9-14-45(54-18-19)20(2)30-28(61-45)16-27-25-8-7-23-15-24(10-12-43(23,5)26(25)11-13-44(27,30)6)57-42-39(60-41-36(52)34(50)32(48)22(4)56-41)37(53)38(29(17-46)58-42)59-40-35(51)33(49)31(47)21(3)55-40/h7,19-22,24-42,46-53H,8-18H2,1-6H3/t19-,20+,21+,22+,24+,25-,26-,27+,28+,29-,30+,31+,32+,33-,34-,35-,36-,37+,38-,39-,40+,41+,42-,43+,44+,45-/m1/s1. The third kappa shape index (κ3) is 7.42. The molecule has 9 aliphatic rings. The van der Waals surface area contributed by atoms with E-state index in [1.54, 1.807) is 0 Å². The molecule has 16 nitrogen and oxygen atoms in total. The molecule has 26 atom stereocenters.